The number of hydrogen-bond donors (Lipinski definition) is 1. The van der Waals surface area contributed by atoms with Gasteiger partial charge in [-0.1, -0.05) is 36.4 Å². The number of fused-ring (bicyclic) bond motifs is 1. The minimum Gasteiger partial charge on any atom is -0.399 e. The van der Waals surface area contributed by atoms with Gasteiger partial charge in [0.1, 0.15) is 0 Å². The molecule has 0 amide bonds. The first-order valence-corrected chi connectivity index (χ1v) is 8.72. The molecule has 0 saturated heterocycles. The Morgan fingerprint density at radius 3 is 2.35 bits per heavy atom. The van der Waals surface area contributed by atoms with Crippen molar-refractivity contribution in [1.29, 1.82) is 15.8 Å². The summed E-state index contributed by atoms with van der Waals surface area (Å²) >= 11 is 0. The van der Waals surface area contributed by atoms with Gasteiger partial charge in [-0.3, -0.25) is 4.90 Å². The van der Waals surface area contributed by atoms with E-state index in [4.69, 9.17) is 5.73 Å². The highest BCUT2D eigenvalue weighted by Crippen LogP contribution is 2.52. The Balaban J connectivity index is 2.28. The van der Waals surface area contributed by atoms with Crippen molar-refractivity contribution in [2.24, 2.45) is 17.1 Å². The first-order chi connectivity index (χ1) is 12.5. The van der Waals surface area contributed by atoms with E-state index in [1.54, 1.807) is 0 Å². The number of allylic oxidation sites excluding steroid dienone is 2. The van der Waals surface area contributed by atoms with Crippen molar-refractivity contribution in [3.05, 3.63) is 58.8 Å². The highest BCUT2D eigenvalue weighted by atomic mass is 15.2. The van der Waals surface area contributed by atoms with E-state index in [0.717, 1.165) is 11.1 Å². The van der Waals surface area contributed by atoms with Crippen LogP contribution in [0.3, 0.4) is 0 Å². The Morgan fingerprint density at radius 1 is 1.15 bits per heavy atom. The maximum absolute atomic E-state index is 9.85. The van der Waals surface area contributed by atoms with Crippen molar-refractivity contribution in [2.75, 3.05) is 13.1 Å². The standard InChI is InChI=1S/C21H21N5/c1-14(2)26-9-8-18-17(11-26)19(15-6-4-3-5-7-15)16(10-22)20(25)21(18,12-23)13-24/h3-8,14,17,19H,9,11,25H2,1-2H3/t17-,19-/m0/s1. The summed E-state index contributed by atoms with van der Waals surface area (Å²) in [6, 6.07) is 16.5. The lowest BCUT2D eigenvalue weighted by Crippen LogP contribution is -2.48. The van der Waals surface area contributed by atoms with E-state index in [2.05, 4.69) is 37.0 Å². The van der Waals surface area contributed by atoms with Gasteiger partial charge in [-0.25, -0.2) is 0 Å². The Bertz CT molecular complexity index is 875. The summed E-state index contributed by atoms with van der Waals surface area (Å²) in [6.45, 7) is 5.60. The molecule has 2 atom stereocenters. The average molecular weight is 343 g/mol. The van der Waals surface area contributed by atoms with Crippen LogP contribution in [0.15, 0.2) is 53.3 Å². The Hall–Kier alpha value is -3.07. The van der Waals surface area contributed by atoms with Crippen LogP contribution in [0.4, 0.5) is 0 Å². The second-order valence-electron chi connectivity index (χ2n) is 7.11. The number of rotatable bonds is 2. The minimum atomic E-state index is -1.55. The molecule has 3 rings (SSSR count). The highest BCUT2D eigenvalue weighted by molar-refractivity contribution is 5.58. The molecule has 0 unspecified atom stereocenters. The molecule has 2 N–H and O–H groups in total. The summed E-state index contributed by atoms with van der Waals surface area (Å²) in [7, 11) is 0. The summed E-state index contributed by atoms with van der Waals surface area (Å²) < 4.78 is 0. The van der Waals surface area contributed by atoms with Crippen LogP contribution in [0.5, 0.6) is 0 Å². The molecule has 1 aromatic carbocycles. The molecular weight excluding hydrogens is 322 g/mol. The van der Waals surface area contributed by atoms with Crippen LogP contribution in [0.25, 0.3) is 0 Å². The van der Waals surface area contributed by atoms with Crippen LogP contribution in [-0.2, 0) is 0 Å². The normalized spacial score (nSPS) is 24.8. The van der Waals surface area contributed by atoms with Crippen LogP contribution >= 0.6 is 0 Å². The van der Waals surface area contributed by atoms with Crippen LogP contribution in [0.1, 0.15) is 25.3 Å². The van der Waals surface area contributed by atoms with Gasteiger partial charge in [0, 0.05) is 31.0 Å². The largest absolute Gasteiger partial charge is 0.399 e. The van der Waals surface area contributed by atoms with Crippen LogP contribution in [0.2, 0.25) is 0 Å². The minimum absolute atomic E-state index is 0.0827. The van der Waals surface area contributed by atoms with E-state index in [1.807, 2.05) is 36.4 Å². The molecule has 0 saturated carbocycles. The molecule has 5 nitrogen and oxygen atoms in total. The van der Waals surface area contributed by atoms with Gasteiger partial charge in [0.2, 0.25) is 5.41 Å². The third-order valence-electron chi connectivity index (χ3n) is 5.56. The lowest BCUT2D eigenvalue weighted by molar-refractivity contribution is 0.186. The molecule has 26 heavy (non-hydrogen) atoms. The fourth-order valence-electron chi connectivity index (χ4n) is 4.12. The SMILES string of the molecule is CC(C)N1CC=C2[C@H](C1)[C@@H](c1ccccc1)C(C#N)=C(N)C2(C#N)C#N. The quantitative estimate of drug-likeness (QED) is 0.832. The summed E-state index contributed by atoms with van der Waals surface area (Å²) in [5.74, 6) is -0.376. The fraction of sp³-hybridized carbons (Fsp3) is 0.381. The van der Waals surface area contributed by atoms with Crippen LogP contribution < -0.4 is 5.73 Å². The van der Waals surface area contributed by atoms with E-state index in [-0.39, 0.29) is 17.5 Å². The molecule has 1 aliphatic heterocycles. The molecule has 0 spiro atoms. The fourth-order valence-corrected chi connectivity index (χ4v) is 4.12. The summed E-state index contributed by atoms with van der Waals surface area (Å²) in [6.07, 6.45) is 1.97. The number of benzene rings is 1. The zero-order chi connectivity index (χ0) is 18.9. The predicted molar refractivity (Wildman–Crippen MR) is 98.0 cm³/mol. The topological polar surface area (TPSA) is 101 Å². The van der Waals surface area contributed by atoms with Crippen molar-refractivity contribution in [2.45, 2.75) is 25.8 Å². The van der Waals surface area contributed by atoms with Crippen LogP contribution in [-0.4, -0.2) is 24.0 Å². The van der Waals surface area contributed by atoms with Gasteiger partial charge in [0.05, 0.1) is 29.5 Å². The maximum atomic E-state index is 9.85. The monoisotopic (exact) mass is 343 g/mol. The van der Waals surface area contributed by atoms with Gasteiger partial charge in [0.15, 0.2) is 0 Å². The smallest absolute Gasteiger partial charge is 0.204 e. The predicted octanol–water partition coefficient (Wildman–Crippen LogP) is 2.82. The third kappa shape index (κ3) is 2.48. The molecule has 1 heterocycles. The van der Waals surface area contributed by atoms with E-state index in [0.29, 0.717) is 24.7 Å². The van der Waals surface area contributed by atoms with E-state index in [1.165, 1.54) is 0 Å². The molecule has 1 aliphatic carbocycles. The molecule has 0 bridgehead atoms. The molecule has 0 aromatic heterocycles. The second kappa shape index (κ2) is 6.68. The average Bonchev–Trinajstić information content (AvgIpc) is 2.67. The molecule has 0 radical (unpaired) electrons. The number of nitriles is 3. The zero-order valence-electron chi connectivity index (χ0n) is 15.0. The van der Waals surface area contributed by atoms with E-state index in [9.17, 15) is 15.8 Å². The first kappa shape index (κ1) is 17.7. The number of nitrogens with zero attached hydrogens (tertiary/aromatic N) is 4. The lowest BCUT2D eigenvalue weighted by atomic mass is 9.60. The highest BCUT2D eigenvalue weighted by Gasteiger charge is 2.52. The number of hydrogen-bond acceptors (Lipinski definition) is 5. The zero-order valence-corrected chi connectivity index (χ0v) is 15.0. The van der Waals surface area contributed by atoms with Crippen molar-refractivity contribution >= 4 is 0 Å². The third-order valence-corrected chi connectivity index (χ3v) is 5.56. The van der Waals surface area contributed by atoms with Crippen molar-refractivity contribution < 1.29 is 0 Å². The number of nitrogens with two attached hydrogens (primary N) is 1. The Kier molecular flexibility index (Phi) is 4.56. The molecular formula is C21H21N5. The second-order valence-corrected chi connectivity index (χ2v) is 7.11. The van der Waals surface area contributed by atoms with Gasteiger partial charge in [-0.05, 0) is 25.0 Å². The summed E-state index contributed by atoms with van der Waals surface area (Å²) in [5.41, 5.74) is 6.87. The van der Waals surface area contributed by atoms with Gasteiger partial charge in [0.25, 0.3) is 0 Å². The maximum Gasteiger partial charge on any atom is 0.204 e. The van der Waals surface area contributed by atoms with Gasteiger partial charge >= 0.3 is 0 Å². The van der Waals surface area contributed by atoms with Gasteiger partial charge < -0.3 is 5.73 Å². The van der Waals surface area contributed by atoms with Crippen molar-refractivity contribution in [3.8, 4) is 18.2 Å². The molecule has 1 aromatic rings. The summed E-state index contributed by atoms with van der Waals surface area (Å²) in [4.78, 5) is 2.29. The molecule has 5 heteroatoms. The van der Waals surface area contributed by atoms with Crippen molar-refractivity contribution in [1.82, 2.24) is 4.90 Å². The molecule has 130 valence electrons. The van der Waals surface area contributed by atoms with Crippen molar-refractivity contribution in [3.63, 3.8) is 0 Å². The van der Waals surface area contributed by atoms with E-state index >= 15 is 0 Å². The summed E-state index contributed by atoms with van der Waals surface area (Å²) in [5, 5.41) is 29.5. The van der Waals surface area contributed by atoms with Crippen LogP contribution in [0, 0.1) is 45.3 Å². The van der Waals surface area contributed by atoms with Gasteiger partial charge in [-0.2, -0.15) is 15.8 Å². The van der Waals surface area contributed by atoms with E-state index < -0.39 is 5.41 Å². The lowest BCUT2D eigenvalue weighted by Gasteiger charge is -2.46. The molecule has 0 fully saturated rings. The molecule has 2 aliphatic rings. The first-order valence-electron chi connectivity index (χ1n) is 8.72. The van der Waals surface area contributed by atoms with Gasteiger partial charge in [-0.15, -0.1) is 0 Å². The Labute approximate surface area is 154 Å². The Morgan fingerprint density at radius 2 is 1.81 bits per heavy atom.